The van der Waals surface area contributed by atoms with Crippen molar-refractivity contribution in [3.05, 3.63) is 28.8 Å². The molecule has 108 valence electrons. The van der Waals surface area contributed by atoms with Gasteiger partial charge in [-0.3, -0.25) is 0 Å². The van der Waals surface area contributed by atoms with E-state index in [1.54, 1.807) is 12.1 Å². The Morgan fingerprint density at radius 2 is 2.00 bits per heavy atom. The number of rotatable bonds is 2. The molecule has 0 aliphatic carbocycles. The number of benzene rings is 1. The maximum Gasteiger partial charge on any atom is 0.211 e. The molecule has 1 aliphatic heterocycles. The van der Waals surface area contributed by atoms with Gasteiger partial charge in [-0.05, 0) is 24.6 Å². The minimum Gasteiger partial charge on any atom is -0.369 e. The van der Waals surface area contributed by atoms with Gasteiger partial charge in [0, 0.05) is 31.2 Å². The molecule has 1 saturated heterocycles. The van der Waals surface area contributed by atoms with Gasteiger partial charge in [0.15, 0.2) is 0 Å². The molecular weight excluding hydrogens is 298 g/mol. The number of nitrogens with zero attached hydrogens (tertiary/aromatic N) is 3. The fourth-order valence-electron chi connectivity index (χ4n) is 2.34. The van der Waals surface area contributed by atoms with Crippen molar-refractivity contribution >= 4 is 27.3 Å². The van der Waals surface area contributed by atoms with E-state index < -0.39 is 10.0 Å². The Labute approximate surface area is 124 Å². The van der Waals surface area contributed by atoms with Gasteiger partial charge in [-0.2, -0.15) is 5.26 Å². The van der Waals surface area contributed by atoms with Crippen LogP contribution in [0.4, 0.5) is 5.69 Å². The largest absolute Gasteiger partial charge is 0.369 e. The number of hydrogen-bond donors (Lipinski definition) is 0. The summed E-state index contributed by atoms with van der Waals surface area (Å²) in [4.78, 5) is 2.04. The Bertz CT molecular complexity index is 640. The van der Waals surface area contributed by atoms with Crippen LogP contribution in [0.25, 0.3) is 0 Å². The molecule has 0 radical (unpaired) electrons. The lowest BCUT2D eigenvalue weighted by atomic mass is 10.1. The van der Waals surface area contributed by atoms with Crippen LogP contribution in [0.5, 0.6) is 0 Å². The number of halogens is 1. The summed E-state index contributed by atoms with van der Waals surface area (Å²) in [6, 6.07) is 7.34. The average molecular weight is 314 g/mol. The zero-order valence-electron chi connectivity index (χ0n) is 11.2. The van der Waals surface area contributed by atoms with Crippen LogP contribution in [0, 0.1) is 11.3 Å². The second-order valence-electron chi connectivity index (χ2n) is 4.78. The van der Waals surface area contributed by atoms with E-state index in [1.165, 1.54) is 10.6 Å². The molecule has 0 spiro atoms. The van der Waals surface area contributed by atoms with E-state index in [-0.39, 0.29) is 0 Å². The average Bonchev–Trinajstić information content (AvgIpc) is 2.63. The van der Waals surface area contributed by atoms with E-state index >= 15 is 0 Å². The molecule has 2 rings (SSSR count). The Hall–Kier alpha value is -1.29. The fourth-order valence-corrected chi connectivity index (χ4v) is 3.39. The summed E-state index contributed by atoms with van der Waals surface area (Å²) < 4.78 is 24.7. The van der Waals surface area contributed by atoms with E-state index in [9.17, 15) is 13.7 Å². The Kier molecular flexibility index (Phi) is 4.53. The predicted octanol–water partition coefficient (Wildman–Crippen LogP) is 1.68. The maximum absolute atomic E-state index is 11.6. The lowest BCUT2D eigenvalue weighted by molar-refractivity contribution is 0.437. The second kappa shape index (κ2) is 6.00. The normalized spacial score (nSPS) is 17.6. The van der Waals surface area contributed by atoms with Crippen molar-refractivity contribution in [2.45, 2.75) is 6.42 Å². The predicted molar refractivity (Wildman–Crippen MR) is 79.4 cm³/mol. The van der Waals surface area contributed by atoms with Gasteiger partial charge in [-0.25, -0.2) is 12.7 Å². The molecule has 20 heavy (non-hydrogen) atoms. The van der Waals surface area contributed by atoms with Gasteiger partial charge in [0.2, 0.25) is 10.0 Å². The summed E-state index contributed by atoms with van der Waals surface area (Å²) >= 11 is 5.89. The highest BCUT2D eigenvalue weighted by atomic mass is 35.5. The summed E-state index contributed by atoms with van der Waals surface area (Å²) in [5.41, 5.74) is 1.33. The summed E-state index contributed by atoms with van der Waals surface area (Å²) in [5.74, 6) is 0. The van der Waals surface area contributed by atoms with Gasteiger partial charge in [-0.15, -0.1) is 0 Å². The first-order valence-corrected chi connectivity index (χ1v) is 8.54. The zero-order chi connectivity index (χ0) is 14.8. The van der Waals surface area contributed by atoms with Crippen molar-refractivity contribution in [1.29, 1.82) is 5.26 Å². The van der Waals surface area contributed by atoms with Crippen molar-refractivity contribution in [2.75, 3.05) is 37.3 Å². The van der Waals surface area contributed by atoms with Gasteiger partial charge in [0.05, 0.1) is 17.5 Å². The van der Waals surface area contributed by atoms with E-state index in [1.807, 2.05) is 11.0 Å². The first-order valence-electron chi connectivity index (χ1n) is 6.31. The SMILES string of the molecule is CS(=O)(=O)N1CCCN(c2ccc(Cl)cc2C#N)CC1. The molecule has 0 bridgehead atoms. The minimum absolute atomic E-state index is 0.437. The Morgan fingerprint density at radius 3 is 2.65 bits per heavy atom. The highest BCUT2D eigenvalue weighted by Crippen LogP contribution is 2.25. The molecule has 0 aromatic heterocycles. The number of nitriles is 1. The molecule has 0 N–H and O–H groups in total. The summed E-state index contributed by atoms with van der Waals surface area (Å²) in [6.07, 6.45) is 1.96. The first-order chi connectivity index (χ1) is 9.41. The molecule has 0 saturated carbocycles. The molecule has 0 atom stereocenters. The van der Waals surface area contributed by atoms with Crippen LogP contribution < -0.4 is 4.90 Å². The van der Waals surface area contributed by atoms with Gasteiger partial charge >= 0.3 is 0 Å². The molecule has 1 aliphatic rings. The quantitative estimate of drug-likeness (QED) is 0.833. The molecule has 1 aromatic carbocycles. The fraction of sp³-hybridized carbons (Fsp3) is 0.462. The minimum atomic E-state index is -3.16. The monoisotopic (exact) mass is 313 g/mol. The molecule has 5 nitrogen and oxygen atoms in total. The van der Waals surface area contributed by atoms with Gasteiger partial charge in [0.1, 0.15) is 6.07 Å². The van der Waals surface area contributed by atoms with Crippen molar-refractivity contribution in [3.63, 3.8) is 0 Å². The van der Waals surface area contributed by atoms with Gasteiger partial charge in [0.25, 0.3) is 0 Å². The lowest BCUT2D eigenvalue weighted by Crippen LogP contribution is -2.34. The summed E-state index contributed by atoms with van der Waals surface area (Å²) in [6.45, 7) is 2.25. The zero-order valence-corrected chi connectivity index (χ0v) is 12.8. The van der Waals surface area contributed by atoms with Crippen LogP contribution in [-0.4, -0.2) is 45.2 Å². The summed E-state index contributed by atoms with van der Waals surface area (Å²) in [7, 11) is -3.16. The Morgan fingerprint density at radius 1 is 1.25 bits per heavy atom. The third kappa shape index (κ3) is 3.42. The third-order valence-electron chi connectivity index (χ3n) is 3.34. The van der Waals surface area contributed by atoms with Crippen molar-refractivity contribution in [2.24, 2.45) is 0 Å². The van der Waals surface area contributed by atoms with Crippen molar-refractivity contribution in [1.82, 2.24) is 4.31 Å². The Balaban J connectivity index is 2.21. The van der Waals surface area contributed by atoms with E-state index in [0.717, 1.165) is 18.7 Å². The number of sulfonamides is 1. The van der Waals surface area contributed by atoms with Gasteiger partial charge < -0.3 is 4.90 Å². The third-order valence-corrected chi connectivity index (χ3v) is 4.88. The molecule has 1 aromatic rings. The lowest BCUT2D eigenvalue weighted by Gasteiger charge is -2.24. The van der Waals surface area contributed by atoms with Crippen LogP contribution >= 0.6 is 11.6 Å². The van der Waals surface area contributed by atoms with Crippen LogP contribution in [0.2, 0.25) is 5.02 Å². The standard InChI is InChI=1S/C13H16ClN3O2S/c1-20(18,19)17-6-2-5-16(7-8-17)13-4-3-12(14)9-11(13)10-15/h3-4,9H,2,5-8H2,1H3. The van der Waals surface area contributed by atoms with Crippen LogP contribution in [0.3, 0.4) is 0 Å². The molecule has 0 amide bonds. The maximum atomic E-state index is 11.6. The van der Waals surface area contributed by atoms with Crippen molar-refractivity contribution in [3.8, 4) is 6.07 Å². The molecule has 1 fully saturated rings. The first kappa shape index (κ1) is 15.1. The highest BCUT2D eigenvalue weighted by Gasteiger charge is 2.22. The summed E-state index contributed by atoms with van der Waals surface area (Å²) in [5, 5.41) is 9.71. The van der Waals surface area contributed by atoms with E-state index in [0.29, 0.717) is 30.2 Å². The number of anilines is 1. The van der Waals surface area contributed by atoms with Gasteiger partial charge in [-0.1, -0.05) is 11.6 Å². The second-order valence-corrected chi connectivity index (χ2v) is 7.19. The molecule has 1 heterocycles. The molecule has 0 unspecified atom stereocenters. The van der Waals surface area contributed by atoms with E-state index in [4.69, 9.17) is 11.6 Å². The van der Waals surface area contributed by atoms with Crippen LogP contribution in [0.15, 0.2) is 18.2 Å². The number of hydrogen-bond acceptors (Lipinski definition) is 4. The van der Waals surface area contributed by atoms with Crippen LogP contribution in [0.1, 0.15) is 12.0 Å². The molecule has 7 heteroatoms. The van der Waals surface area contributed by atoms with Crippen LogP contribution in [-0.2, 0) is 10.0 Å². The highest BCUT2D eigenvalue weighted by molar-refractivity contribution is 7.88. The smallest absolute Gasteiger partial charge is 0.211 e. The molecular formula is C13H16ClN3O2S. The topological polar surface area (TPSA) is 64.4 Å². The van der Waals surface area contributed by atoms with Crippen molar-refractivity contribution < 1.29 is 8.42 Å². The van der Waals surface area contributed by atoms with E-state index in [2.05, 4.69) is 6.07 Å².